The number of carbonyl (C=O) groups excluding carboxylic acids is 2. The molecule has 0 aromatic heterocycles. The Morgan fingerprint density at radius 3 is 2.36 bits per heavy atom. The van der Waals surface area contributed by atoms with Crippen LogP contribution in [0.4, 0.5) is 10.1 Å². The molecule has 1 fully saturated rings. The second-order valence-electron chi connectivity index (χ2n) is 6.85. The van der Waals surface area contributed by atoms with Crippen molar-refractivity contribution < 1.29 is 18.7 Å². The minimum Gasteiger partial charge on any atom is -0.381 e. The van der Waals surface area contributed by atoms with E-state index in [2.05, 4.69) is 10.6 Å². The van der Waals surface area contributed by atoms with E-state index in [0.717, 1.165) is 18.4 Å². The monoisotopic (exact) mass is 385 g/mol. The molecule has 2 aromatic rings. The van der Waals surface area contributed by atoms with Gasteiger partial charge in [-0.05, 0) is 60.7 Å². The molecule has 0 saturated carbocycles. The lowest BCUT2D eigenvalue weighted by Crippen LogP contribution is -2.46. The molecule has 2 amide bonds. The number of hydrogen-bond acceptors (Lipinski definition) is 4. The van der Waals surface area contributed by atoms with Gasteiger partial charge in [-0.2, -0.15) is 0 Å². The van der Waals surface area contributed by atoms with Gasteiger partial charge in [-0.15, -0.1) is 0 Å². The summed E-state index contributed by atoms with van der Waals surface area (Å²) in [6.07, 6.45) is 1.60. The highest BCUT2D eigenvalue weighted by Gasteiger charge is 2.26. The third kappa shape index (κ3) is 5.37. The highest BCUT2D eigenvalue weighted by atomic mass is 19.1. The Morgan fingerprint density at radius 1 is 1.07 bits per heavy atom. The maximum absolute atomic E-state index is 12.9. The van der Waals surface area contributed by atoms with Gasteiger partial charge in [0.15, 0.2) is 0 Å². The van der Waals surface area contributed by atoms with Gasteiger partial charge in [-0.3, -0.25) is 9.59 Å². The molecule has 1 saturated heterocycles. The lowest BCUT2D eigenvalue weighted by molar-refractivity contribution is -0.124. The molecule has 1 aliphatic rings. The topological polar surface area (TPSA) is 93.5 Å². The first-order valence-corrected chi connectivity index (χ1v) is 9.30. The maximum atomic E-state index is 12.9. The molecule has 3 rings (SSSR count). The molecule has 0 spiro atoms. The van der Waals surface area contributed by atoms with Gasteiger partial charge >= 0.3 is 0 Å². The zero-order valence-corrected chi connectivity index (χ0v) is 15.5. The number of ether oxygens (including phenoxy) is 1. The van der Waals surface area contributed by atoms with E-state index >= 15 is 0 Å². The van der Waals surface area contributed by atoms with E-state index in [1.165, 1.54) is 24.3 Å². The quantitative estimate of drug-likeness (QED) is 0.712. The van der Waals surface area contributed by atoms with Crippen LogP contribution in [0, 0.1) is 11.7 Å². The molecule has 2 aromatic carbocycles. The summed E-state index contributed by atoms with van der Waals surface area (Å²) in [6.45, 7) is 1.63. The number of halogens is 1. The smallest absolute Gasteiger partial charge is 0.255 e. The maximum Gasteiger partial charge on any atom is 0.255 e. The van der Waals surface area contributed by atoms with E-state index < -0.39 is 6.04 Å². The third-order valence-electron chi connectivity index (χ3n) is 4.86. The Morgan fingerprint density at radius 2 is 1.71 bits per heavy atom. The van der Waals surface area contributed by atoms with Crippen LogP contribution < -0.4 is 16.4 Å². The van der Waals surface area contributed by atoms with Gasteiger partial charge in [0.05, 0.1) is 6.04 Å². The number of anilines is 1. The average Bonchev–Trinajstić information content (AvgIpc) is 2.74. The standard InChI is InChI=1S/C21H24FN3O3/c22-17-5-7-18(8-6-17)25-20(26)16-3-1-14(2-4-16)13-24-21(27)19(23)15-9-11-28-12-10-15/h1-8,15,19H,9-13,23H2,(H,24,27)(H,25,26). The van der Waals surface area contributed by atoms with Crippen LogP contribution >= 0.6 is 0 Å². The van der Waals surface area contributed by atoms with Crippen LogP contribution in [0.25, 0.3) is 0 Å². The predicted octanol–water partition coefficient (Wildman–Crippen LogP) is 2.45. The first-order valence-electron chi connectivity index (χ1n) is 9.30. The number of carbonyl (C=O) groups is 2. The summed E-state index contributed by atoms with van der Waals surface area (Å²) >= 11 is 0. The Kier molecular flexibility index (Phi) is 6.73. The molecule has 1 atom stereocenters. The van der Waals surface area contributed by atoms with Crippen molar-refractivity contribution in [3.8, 4) is 0 Å². The SMILES string of the molecule is NC(C(=O)NCc1ccc(C(=O)Nc2ccc(F)cc2)cc1)C1CCOCC1. The zero-order valence-electron chi connectivity index (χ0n) is 15.5. The van der Waals surface area contributed by atoms with Crippen molar-refractivity contribution in [2.45, 2.75) is 25.4 Å². The lowest BCUT2D eigenvalue weighted by Gasteiger charge is -2.26. The third-order valence-corrected chi connectivity index (χ3v) is 4.86. The normalized spacial score (nSPS) is 15.6. The molecule has 148 valence electrons. The molecule has 1 aliphatic heterocycles. The lowest BCUT2D eigenvalue weighted by atomic mass is 9.92. The van der Waals surface area contributed by atoms with Crippen molar-refractivity contribution in [1.29, 1.82) is 0 Å². The van der Waals surface area contributed by atoms with Crippen molar-refractivity contribution in [3.05, 3.63) is 65.5 Å². The van der Waals surface area contributed by atoms with Crippen molar-refractivity contribution >= 4 is 17.5 Å². The number of nitrogens with two attached hydrogens (primary N) is 1. The van der Waals surface area contributed by atoms with E-state index in [0.29, 0.717) is 31.0 Å². The van der Waals surface area contributed by atoms with Crippen molar-refractivity contribution in [3.63, 3.8) is 0 Å². The second-order valence-corrected chi connectivity index (χ2v) is 6.85. The number of hydrogen-bond donors (Lipinski definition) is 3. The Hall–Kier alpha value is -2.77. The summed E-state index contributed by atoms with van der Waals surface area (Å²) in [5, 5.41) is 5.55. The van der Waals surface area contributed by atoms with Crippen LogP contribution in [0.1, 0.15) is 28.8 Å². The second kappa shape index (κ2) is 9.43. The summed E-state index contributed by atoms with van der Waals surface area (Å²) in [4.78, 5) is 24.5. The predicted molar refractivity (Wildman–Crippen MR) is 104 cm³/mol. The van der Waals surface area contributed by atoms with Crippen molar-refractivity contribution in [2.75, 3.05) is 18.5 Å². The minimum atomic E-state index is -0.537. The van der Waals surface area contributed by atoms with Crippen molar-refractivity contribution in [1.82, 2.24) is 5.32 Å². The molecule has 0 aliphatic carbocycles. The first kappa shape index (κ1) is 20.0. The van der Waals surface area contributed by atoms with Gasteiger partial charge in [0, 0.05) is 31.0 Å². The van der Waals surface area contributed by atoms with Crippen LogP contribution in [0.3, 0.4) is 0 Å². The fourth-order valence-electron chi connectivity index (χ4n) is 3.11. The molecule has 4 N–H and O–H groups in total. The van der Waals surface area contributed by atoms with Crippen molar-refractivity contribution in [2.24, 2.45) is 11.7 Å². The number of rotatable bonds is 6. The van der Waals surface area contributed by atoms with Crippen LogP contribution in [-0.4, -0.2) is 31.1 Å². The Bertz CT molecular complexity index is 803. The van der Waals surface area contributed by atoms with E-state index in [-0.39, 0.29) is 23.5 Å². The molecule has 6 nitrogen and oxygen atoms in total. The van der Waals surface area contributed by atoms with E-state index in [1.807, 2.05) is 0 Å². The molecule has 7 heteroatoms. The zero-order chi connectivity index (χ0) is 19.9. The first-order chi connectivity index (χ1) is 13.5. The van der Waals surface area contributed by atoms with Crippen LogP contribution in [-0.2, 0) is 16.1 Å². The summed E-state index contributed by atoms with van der Waals surface area (Å²) in [5.41, 5.74) is 7.91. The summed E-state index contributed by atoms with van der Waals surface area (Å²) in [6, 6.07) is 11.9. The van der Waals surface area contributed by atoms with E-state index in [4.69, 9.17) is 10.5 Å². The number of benzene rings is 2. The number of nitrogens with one attached hydrogen (secondary N) is 2. The highest BCUT2D eigenvalue weighted by molar-refractivity contribution is 6.04. The highest BCUT2D eigenvalue weighted by Crippen LogP contribution is 2.18. The Balaban J connectivity index is 1.50. The molecule has 0 bridgehead atoms. The molecule has 1 heterocycles. The van der Waals surface area contributed by atoms with Gasteiger partial charge in [-0.25, -0.2) is 4.39 Å². The molecule has 28 heavy (non-hydrogen) atoms. The van der Waals surface area contributed by atoms with Gasteiger partial charge in [-0.1, -0.05) is 12.1 Å². The molecular weight excluding hydrogens is 361 g/mol. The van der Waals surface area contributed by atoms with E-state index in [9.17, 15) is 14.0 Å². The van der Waals surface area contributed by atoms with Gasteiger partial charge in [0.25, 0.3) is 5.91 Å². The summed E-state index contributed by atoms with van der Waals surface area (Å²) in [7, 11) is 0. The van der Waals surface area contributed by atoms with Crippen LogP contribution in [0.5, 0.6) is 0 Å². The van der Waals surface area contributed by atoms with Gasteiger partial charge < -0.3 is 21.1 Å². The Labute approximate surface area is 163 Å². The fraction of sp³-hybridized carbons (Fsp3) is 0.333. The van der Waals surface area contributed by atoms with Gasteiger partial charge in [0.1, 0.15) is 5.82 Å². The van der Waals surface area contributed by atoms with E-state index in [1.54, 1.807) is 24.3 Å². The molecular formula is C21H24FN3O3. The molecule has 0 radical (unpaired) electrons. The minimum absolute atomic E-state index is 0.145. The van der Waals surface area contributed by atoms with Crippen LogP contribution in [0.2, 0.25) is 0 Å². The average molecular weight is 385 g/mol. The largest absolute Gasteiger partial charge is 0.381 e. The molecule has 1 unspecified atom stereocenters. The van der Waals surface area contributed by atoms with Crippen LogP contribution in [0.15, 0.2) is 48.5 Å². The fourth-order valence-corrected chi connectivity index (χ4v) is 3.11. The summed E-state index contributed by atoms with van der Waals surface area (Å²) in [5.74, 6) is -0.680. The number of amides is 2. The summed E-state index contributed by atoms with van der Waals surface area (Å²) < 4.78 is 18.2. The van der Waals surface area contributed by atoms with Gasteiger partial charge in [0.2, 0.25) is 5.91 Å².